The lowest BCUT2D eigenvalue weighted by molar-refractivity contribution is -0.301. The molecular weight excluding hydrogens is 698 g/mol. The Morgan fingerprint density at radius 3 is 1.80 bits per heavy atom. The summed E-state index contributed by atoms with van der Waals surface area (Å²) in [7, 11) is 1.80. The summed E-state index contributed by atoms with van der Waals surface area (Å²) in [5.74, 6) is -6.72. The van der Waals surface area contributed by atoms with E-state index in [1.807, 2.05) is 4.90 Å². The predicted molar refractivity (Wildman–Crippen MR) is 186 cm³/mol. The van der Waals surface area contributed by atoms with Crippen LogP contribution < -0.4 is 0 Å². The van der Waals surface area contributed by atoms with Gasteiger partial charge in [0, 0.05) is 61.4 Å². The van der Waals surface area contributed by atoms with E-state index in [9.17, 15) is 33.9 Å². The van der Waals surface area contributed by atoms with Crippen LogP contribution in [0.2, 0.25) is 0 Å². The zero-order chi connectivity index (χ0) is 38.6. The number of aliphatic hydroxyl groups excluding tert-OH is 1. The van der Waals surface area contributed by atoms with Crippen LogP contribution in [0.15, 0.2) is 72.8 Å². The molecule has 0 radical (unpaired) electrons. The third kappa shape index (κ3) is 4.51. The molecule has 2 spiro atoms. The third-order valence-corrected chi connectivity index (χ3v) is 13.7. The SMILES string of the molecule is C=C1C[C@]23[C@@H]4[C@@H](OC(=O)c5ccccc5)[C@H]1[C@H](OC(C)=O)[C@H]2[C@]12[C@H](OC(C)=O)[C@@H](OC(=O)c5ccccc5)[C@H](OC(C)=O)[C@@](C)(C=O)[C@H]1[C@H]([C@H]3O)N(C)[C@H]42. The molecule has 8 fully saturated rings. The smallest absolute Gasteiger partial charge is 0.338 e. The van der Waals surface area contributed by atoms with E-state index in [2.05, 4.69) is 6.58 Å². The Bertz CT molecular complexity index is 1950. The first-order chi connectivity index (χ1) is 25.7. The summed E-state index contributed by atoms with van der Waals surface area (Å²) in [6, 6.07) is 15.1. The number of benzene rings is 2. The van der Waals surface area contributed by atoms with Crippen molar-refractivity contribution >= 4 is 36.1 Å². The van der Waals surface area contributed by atoms with Gasteiger partial charge in [0.25, 0.3) is 0 Å². The molecule has 13 heteroatoms. The molecule has 7 bridgehead atoms. The largest absolute Gasteiger partial charge is 0.461 e. The van der Waals surface area contributed by atoms with Crippen molar-refractivity contribution in [2.75, 3.05) is 7.05 Å². The first-order valence-corrected chi connectivity index (χ1v) is 18.2. The molecule has 10 rings (SSSR count). The fraction of sp³-hybridized carbons (Fsp3) is 0.512. The number of rotatable bonds is 8. The molecule has 1 N–H and O–H groups in total. The molecule has 6 aliphatic carbocycles. The van der Waals surface area contributed by atoms with Crippen molar-refractivity contribution in [2.45, 2.75) is 82.8 Å². The van der Waals surface area contributed by atoms with Gasteiger partial charge in [-0.2, -0.15) is 0 Å². The molecule has 284 valence electrons. The normalized spacial score (nSPS) is 42.1. The lowest BCUT2D eigenvalue weighted by Crippen LogP contribution is -2.79. The van der Waals surface area contributed by atoms with Crippen LogP contribution >= 0.6 is 0 Å². The number of ether oxygens (including phenoxy) is 5. The summed E-state index contributed by atoms with van der Waals surface area (Å²) in [5, 5.41) is 12.9. The molecular formula is C41H43NO12. The van der Waals surface area contributed by atoms with E-state index in [0.29, 0.717) is 17.4 Å². The zero-order valence-electron chi connectivity index (χ0n) is 30.6. The summed E-state index contributed by atoms with van der Waals surface area (Å²) < 4.78 is 31.3. The van der Waals surface area contributed by atoms with Crippen molar-refractivity contribution in [3.05, 3.63) is 83.9 Å². The minimum Gasteiger partial charge on any atom is -0.461 e. The molecule has 13 nitrogen and oxygen atoms in total. The second-order valence-electron chi connectivity index (χ2n) is 16.1. The Morgan fingerprint density at radius 1 is 0.759 bits per heavy atom. The molecule has 0 unspecified atom stereocenters. The number of nitrogens with zero attached hydrogens (tertiary/aromatic N) is 1. The summed E-state index contributed by atoms with van der Waals surface area (Å²) in [6.07, 6.45) is -6.72. The van der Waals surface area contributed by atoms with Gasteiger partial charge in [-0.05, 0) is 44.7 Å². The lowest BCUT2D eigenvalue weighted by Gasteiger charge is -2.70. The van der Waals surface area contributed by atoms with Gasteiger partial charge in [0.05, 0.1) is 28.6 Å². The van der Waals surface area contributed by atoms with Gasteiger partial charge >= 0.3 is 29.8 Å². The first-order valence-electron chi connectivity index (χ1n) is 18.2. The molecule has 0 amide bonds. The average Bonchev–Trinajstić information content (AvgIpc) is 3.46. The number of piperidine rings is 1. The van der Waals surface area contributed by atoms with Crippen LogP contribution in [0.1, 0.15) is 54.8 Å². The van der Waals surface area contributed by atoms with Crippen molar-refractivity contribution in [1.29, 1.82) is 0 Å². The van der Waals surface area contributed by atoms with E-state index in [1.165, 1.54) is 20.8 Å². The van der Waals surface area contributed by atoms with Gasteiger partial charge < -0.3 is 33.6 Å². The standard InChI is InChI=1S/C41H43NO12/c1-19-17-40-26-28(53-37(48)23-13-9-7-10-14-23)25(19)29(50-20(2)44)32(40)41-31(27(34(40)47)42(6)33(26)41)39(5,18-43)35(51-21(3)45)30(36(41)52-22(4)46)54-38(49)24-15-11-8-12-16-24/h7-16,18,25-36,47H,1,17H2,2-6H3/t25-,26+,27+,28-,29-,30-,31+,32+,33+,34+,35-,36+,39-,40-,41+/m0/s1. The highest BCUT2D eigenvalue weighted by atomic mass is 16.6. The number of likely N-dealkylation sites (N-methyl/N-ethyl adjacent to an activating group) is 1. The molecule has 2 saturated heterocycles. The number of hydrogen-bond acceptors (Lipinski definition) is 13. The van der Waals surface area contributed by atoms with E-state index in [1.54, 1.807) is 74.6 Å². The Kier molecular flexibility index (Phi) is 8.24. The molecule has 8 aliphatic rings. The molecule has 54 heavy (non-hydrogen) atoms. The number of aliphatic hydroxyl groups is 1. The maximum Gasteiger partial charge on any atom is 0.338 e. The van der Waals surface area contributed by atoms with Crippen LogP contribution in [0.4, 0.5) is 0 Å². The highest BCUT2D eigenvalue weighted by Crippen LogP contribution is 2.85. The first kappa shape index (κ1) is 36.1. The second-order valence-corrected chi connectivity index (χ2v) is 16.1. The summed E-state index contributed by atoms with van der Waals surface area (Å²) in [6.45, 7) is 9.63. The van der Waals surface area contributed by atoms with E-state index in [-0.39, 0.29) is 12.0 Å². The van der Waals surface area contributed by atoms with Gasteiger partial charge in [-0.15, -0.1) is 0 Å². The van der Waals surface area contributed by atoms with Crippen molar-refractivity contribution in [3.63, 3.8) is 0 Å². The number of carbonyl (C=O) groups excluding carboxylic acids is 6. The predicted octanol–water partition coefficient (Wildman–Crippen LogP) is 2.93. The molecule has 2 aromatic carbocycles. The number of carbonyl (C=O) groups is 6. The van der Waals surface area contributed by atoms with Crippen molar-refractivity contribution in [2.24, 2.45) is 39.9 Å². The molecule has 6 saturated carbocycles. The fourth-order valence-corrected chi connectivity index (χ4v) is 12.7. The minimum absolute atomic E-state index is 0.163. The topological polar surface area (TPSA) is 172 Å². The Balaban J connectivity index is 1.39. The Hall–Kier alpha value is -4.88. The van der Waals surface area contributed by atoms with Crippen LogP contribution in [-0.4, -0.2) is 102 Å². The van der Waals surface area contributed by atoms with E-state index in [4.69, 9.17) is 23.7 Å². The van der Waals surface area contributed by atoms with E-state index < -0.39 is 118 Å². The van der Waals surface area contributed by atoms with Gasteiger partial charge in [0.2, 0.25) is 0 Å². The van der Waals surface area contributed by atoms with Crippen LogP contribution in [0, 0.1) is 39.9 Å². The average molecular weight is 742 g/mol. The van der Waals surface area contributed by atoms with Gasteiger partial charge in [0.15, 0.2) is 18.3 Å². The molecule has 15 atom stereocenters. The van der Waals surface area contributed by atoms with Crippen LogP contribution in [0.25, 0.3) is 0 Å². The van der Waals surface area contributed by atoms with Crippen molar-refractivity contribution < 1.29 is 57.6 Å². The lowest BCUT2D eigenvalue weighted by atomic mass is 9.37. The van der Waals surface area contributed by atoms with Crippen molar-refractivity contribution in [3.8, 4) is 0 Å². The monoisotopic (exact) mass is 741 g/mol. The third-order valence-electron chi connectivity index (χ3n) is 13.7. The number of esters is 5. The van der Waals surface area contributed by atoms with Gasteiger partial charge in [0.1, 0.15) is 18.5 Å². The van der Waals surface area contributed by atoms with Gasteiger partial charge in [-0.3, -0.25) is 19.3 Å². The number of fused-ring (bicyclic) bond motifs is 1. The molecule has 0 aromatic heterocycles. The van der Waals surface area contributed by atoms with Crippen LogP contribution in [-0.2, 0) is 42.9 Å². The van der Waals surface area contributed by atoms with E-state index in [0.717, 1.165) is 0 Å². The van der Waals surface area contributed by atoms with Crippen molar-refractivity contribution in [1.82, 2.24) is 4.90 Å². The van der Waals surface area contributed by atoms with Gasteiger partial charge in [-0.1, -0.05) is 48.6 Å². The van der Waals surface area contributed by atoms with Crippen LogP contribution in [0.3, 0.4) is 0 Å². The Morgan fingerprint density at radius 2 is 1.28 bits per heavy atom. The number of aldehydes is 1. The summed E-state index contributed by atoms with van der Waals surface area (Å²) in [5.41, 5.74) is -3.13. The highest BCUT2D eigenvalue weighted by Gasteiger charge is 2.95. The van der Waals surface area contributed by atoms with Crippen LogP contribution in [0.5, 0.6) is 0 Å². The quantitative estimate of drug-likeness (QED) is 0.181. The molecule has 2 aliphatic heterocycles. The summed E-state index contributed by atoms with van der Waals surface area (Å²) >= 11 is 0. The fourth-order valence-electron chi connectivity index (χ4n) is 12.7. The Labute approximate surface area is 311 Å². The second kappa shape index (κ2) is 12.3. The maximum absolute atomic E-state index is 14.0. The minimum atomic E-state index is -1.66. The number of hydrogen-bond donors (Lipinski definition) is 1. The van der Waals surface area contributed by atoms with Gasteiger partial charge in [-0.25, -0.2) is 9.59 Å². The highest BCUT2D eigenvalue weighted by molar-refractivity contribution is 5.90. The maximum atomic E-state index is 14.0. The van der Waals surface area contributed by atoms with E-state index >= 15 is 0 Å². The zero-order valence-corrected chi connectivity index (χ0v) is 30.6. The molecule has 2 heterocycles. The summed E-state index contributed by atoms with van der Waals surface area (Å²) in [4.78, 5) is 83.0. The molecule has 2 aromatic rings.